The molecule has 1 saturated heterocycles. The Labute approximate surface area is 152 Å². The van der Waals surface area contributed by atoms with Crippen molar-refractivity contribution in [2.24, 2.45) is 10.9 Å². The minimum absolute atomic E-state index is 0. The number of likely N-dealkylation sites (N-methyl/N-ethyl adjacent to an activating group) is 1. The Bertz CT molecular complexity index is 336. The maximum atomic E-state index is 5.28. The molecule has 0 amide bonds. The normalized spacial score (nSPS) is 22.1. The fraction of sp³-hybridized carbons (Fsp3) is 0.938. The highest BCUT2D eigenvalue weighted by Gasteiger charge is 2.27. The van der Waals surface area contributed by atoms with Crippen LogP contribution in [-0.2, 0) is 4.74 Å². The SMILES string of the molecule is CCNC(=NCCN(CC)C1CC1)N1CCC(COC)C1.I. The van der Waals surface area contributed by atoms with E-state index in [0.29, 0.717) is 5.92 Å². The van der Waals surface area contributed by atoms with Crippen molar-refractivity contribution in [1.82, 2.24) is 15.1 Å². The second kappa shape index (κ2) is 10.6. The van der Waals surface area contributed by atoms with Crippen LogP contribution in [0.4, 0.5) is 0 Å². The molecule has 1 atom stereocenters. The number of methoxy groups -OCH3 is 1. The average molecular weight is 424 g/mol. The summed E-state index contributed by atoms with van der Waals surface area (Å²) in [7, 11) is 1.79. The number of ether oxygens (including phenoxy) is 1. The van der Waals surface area contributed by atoms with Gasteiger partial charge in [0.2, 0.25) is 0 Å². The number of halogens is 1. The van der Waals surface area contributed by atoms with Gasteiger partial charge in [-0.15, -0.1) is 24.0 Å². The third-order valence-corrected chi connectivity index (χ3v) is 4.44. The van der Waals surface area contributed by atoms with Crippen molar-refractivity contribution in [1.29, 1.82) is 0 Å². The van der Waals surface area contributed by atoms with E-state index in [1.165, 1.54) is 19.3 Å². The molecule has 22 heavy (non-hydrogen) atoms. The highest BCUT2D eigenvalue weighted by Crippen LogP contribution is 2.26. The fourth-order valence-electron chi connectivity index (χ4n) is 3.15. The first-order valence-electron chi connectivity index (χ1n) is 8.54. The molecular weight excluding hydrogens is 391 g/mol. The number of hydrogen-bond donors (Lipinski definition) is 1. The molecule has 6 heteroatoms. The van der Waals surface area contributed by atoms with Crippen LogP contribution in [-0.4, -0.2) is 74.8 Å². The predicted octanol–water partition coefficient (Wildman–Crippen LogP) is 2.02. The quantitative estimate of drug-likeness (QED) is 0.368. The van der Waals surface area contributed by atoms with Crippen molar-refractivity contribution in [3.8, 4) is 0 Å². The Balaban J connectivity index is 0.00000242. The van der Waals surface area contributed by atoms with Crippen LogP contribution in [0.15, 0.2) is 4.99 Å². The summed E-state index contributed by atoms with van der Waals surface area (Å²) in [6, 6.07) is 0.839. The van der Waals surface area contributed by atoms with Crippen LogP contribution in [0, 0.1) is 5.92 Å². The van der Waals surface area contributed by atoms with Gasteiger partial charge in [-0.25, -0.2) is 0 Å². The molecule has 0 aromatic heterocycles. The lowest BCUT2D eigenvalue weighted by Crippen LogP contribution is -2.41. The molecule has 0 aromatic carbocycles. The Morgan fingerprint density at radius 1 is 1.32 bits per heavy atom. The van der Waals surface area contributed by atoms with Crippen LogP contribution in [0.5, 0.6) is 0 Å². The zero-order valence-corrected chi connectivity index (χ0v) is 16.7. The van der Waals surface area contributed by atoms with E-state index in [1.54, 1.807) is 7.11 Å². The lowest BCUT2D eigenvalue weighted by atomic mass is 10.1. The first kappa shape index (κ1) is 20.0. The van der Waals surface area contributed by atoms with Crippen molar-refractivity contribution in [2.45, 2.75) is 39.2 Å². The van der Waals surface area contributed by atoms with Crippen LogP contribution >= 0.6 is 24.0 Å². The molecule has 2 fully saturated rings. The van der Waals surface area contributed by atoms with Crippen molar-refractivity contribution < 1.29 is 4.74 Å². The molecule has 0 aromatic rings. The van der Waals surface area contributed by atoms with Gasteiger partial charge < -0.3 is 15.0 Å². The van der Waals surface area contributed by atoms with E-state index >= 15 is 0 Å². The third kappa shape index (κ3) is 6.20. The molecule has 1 heterocycles. The number of nitrogens with zero attached hydrogens (tertiary/aromatic N) is 3. The summed E-state index contributed by atoms with van der Waals surface area (Å²) in [5, 5.41) is 3.44. The molecule has 2 aliphatic rings. The Kier molecular flexibility index (Phi) is 9.66. The minimum Gasteiger partial charge on any atom is -0.384 e. The molecule has 1 aliphatic carbocycles. The molecule has 130 valence electrons. The average Bonchev–Trinajstić information content (AvgIpc) is 3.22. The van der Waals surface area contributed by atoms with Crippen molar-refractivity contribution in [2.75, 3.05) is 53.0 Å². The highest BCUT2D eigenvalue weighted by molar-refractivity contribution is 14.0. The number of likely N-dealkylation sites (tertiary alicyclic amines) is 1. The van der Waals surface area contributed by atoms with E-state index in [1.807, 2.05) is 0 Å². The molecule has 1 N–H and O–H groups in total. The molecule has 1 unspecified atom stereocenters. The van der Waals surface area contributed by atoms with Gasteiger partial charge in [0.05, 0.1) is 13.2 Å². The molecule has 2 rings (SSSR count). The summed E-state index contributed by atoms with van der Waals surface area (Å²) < 4.78 is 5.28. The van der Waals surface area contributed by atoms with Crippen LogP contribution in [0.1, 0.15) is 33.1 Å². The third-order valence-electron chi connectivity index (χ3n) is 4.44. The van der Waals surface area contributed by atoms with Gasteiger partial charge in [-0.2, -0.15) is 0 Å². The predicted molar refractivity (Wildman–Crippen MR) is 103 cm³/mol. The molecule has 0 spiro atoms. The van der Waals surface area contributed by atoms with Gasteiger partial charge in [0, 0.05) is 45.2 Å². The van der Waals surface area contributed by atoms with Crippen LogP contribution in [0.25, 0.3) is 0 Å². The number of hydrogen-bond acceptors (Lipinski definition) is 3. The van der Waals surface area contributed by atoms with Crippen molar-refractivity contribution in [3.05, 3.63) is 0 Å². The van der Waals surface area contributed by atoms with E-state index in [0.717, 1.165) is 57.9 Å². The lowest BCUT2D eigenvalue weighted by molar-refractivity contribution is 0.157. The van der Waals surface area contributed by atoms with Gasteiger partial charge in [0.15, 0.2) is 5.96 Å². The summed E-state index contributed by atoms with van der Waals surface area (Å²) in [6.45, 7) is 11.5. The van der Waals surface area contributed by atoms with Crippen molar-refractivity contribution in [3.63, 3.8) is 0 Å². The number of aliphatic imine (C=N–C) groups is 1. The van der Waals surface area contributed by atoms with E-state index in [2.05, 4.69) is 29.0 Å². The van der Waals surface area contributed by atoms with Crippen LogP contribution in [0.2, 0.25) is 0 Å². The summed E-state index contributed by atoms with van der Waals surface area (Å²) in [4.78, 5) is 9.79. The molecule has 1 aliphatic heterocycles. The maximum Gasteiger partial charge on any atom is 0.193 e. The fourth-order valence-corrected chi connectivity index (χ4v) is 3.15. The van der Waals surface area contributed by atoms with Gasteiger partial charge in [0.25, 0.3) is 0 Å². The van der Waals surface area contributed by atoms with Gasteiger partial charge in [-0.1, -0.05) is 6.92 Å². The summed E-state index contributed by atoms with van der Waals surface area (Å²) in [5.41, 5.74) is 0. The second-order valence-corrected chi connectivity index (χ2v) is 6.15. The topological polar surface area (TPSA) is 40.1 Å². The number of guanidine groups is 1. The summed E-state index contributed by atoms with van der Waals surface area (Å²) in [5.74, 6) is 1.74. The Morgan fingerprint density at radius 3 is 2.68 bits per heavy atom. The van der Waals surface area contributed by atoms with Gasteiger partial charge in [0.1, 0.15) is 0 Å². The number of rotatable bonds is 8. The van der Waals surface area contributed by atoms with E-state index in [-0.39, 0.29) is 24.0 Å². The van der Waals surface area contributed by atoms with E-state index < -0.39 is 0 Å². The Hall–Kier alpha value is -0.0800. The highest BCUT2D eigenvalue weighted by atomic mass is 127. The molecule has 1 saturated carbocycles. The first-order valence-corrected chi connectivity index (χ1v) is 8.54. The van der Waals surface area contributed by atoms with E-state index in [9.17, 15) is 0 Å². The summed E-state index contributed by atoms with van der Waals surface area (Å²) >= 11 is 0. The van der Waals surface area contributed by atoms with Crippen LogP contribution < -0.4 is 5.32 Å². The van der Waals surface area contributed by atoms with Gasteiger partial charge >= 0.3 is 0 Å². The first-order chi connectivity index (χ1) is 10.3. The molecule has 0 bridgehead atoms. The number of nitrogens with one attached hydrogen (secondary N) is 1. The zero-order valence-electron chi connectivity index (χ0n) is 14.4. The minimum atomic E-state index is 0. The summed E-state index contributed by atoms with van der Waals surface area (Å²) in [6.07, 6.45) is 3.96. The molecular formula is C16H33IN4O. The largest absolute Gasteiger partial charge is 0.384 e. The Morgan fingerprint density at radius 2 is 2.09 bits per heavy atom. The molecule has 5 nitrogen and oxygen atoms in total. The van der Waals surface area contributed by atoms with Gasteiger partial charge in [-0.05, 0) is 32.7 Å². The zero-order chi connectivity index (χ0) is 15.1. The monoisotopic (exact) mass is 424 g/mol. The smallest absolute Gasteiger partial charge is 0.193 e. The van der Waals surface area contributed by atoms with Crippen LogP contribution in [0.3, 0.4) is 0 Å². The van der Waals surface area contributed by atoms with E-state index in [4.69, 9.17) is 9.73 Å². The maximum absolute atomic E-state index is 5.28. The lowest BCUT2D eigenvalue weighted by Gasteiger charge is -2.23. The molecule has 0 radical (unpaired) electrons. The van der Waals surface area contributed by atoms with Crippen molar-refractivity contribution >= 4 is 29.9 Å². The standard InChI is InChI=1S/C16H32N4O.HI/c1-4-17-16(20-10-8-14(12-20)13-21-3)18-9-11-19(5-2)15-6-7-15;/h14-15H,4-13H2,1-3H3,(H,17,18);1H. The van der Waals surface area contributed by atoms with Gasteiger partial charge in [-0.3, -0.25) is 9.89 Å². The second-order valence-electron chi connectivity index (χ2n) is 6.15.